The Kier molecular flexibility index (Phi) is 2.31. The largest absolute Gasteiger partial charge is 0.393 e. The van der Waals surface area contributed by atoms with Crippen molar-refractivity contribution in [3.05, 3.63) is 0 Å². The Morgan fingerprint density at radius 2 is 1.43 bits per heavy atom. The van der Waals surface area contributed by atoms with Gasteiger partial charge in [-0.25, -0.2) is 0 Å². The van der Waals surface area contributed by atoms with Crippen LogP contribution in [0.5, 0.6) is 0 Å². The van der Waals surface area contributed by atoms with Crippen molar-refractivity contribution in [1.82, 2.24) is 0 Å². The Morgan fingerprint density at radius 1 is 0.786 bits per heavy atom. The number of hydrogen-bond acceptors (Lipinski definition) is 1. The molecule has 0 spiro atoms. The minimum absolute atomic E-state index is 0.0584. The van der Waals surface area contributed by atoms with E-state index in [0.29, 0.717) is 11.8 Å². The third-order valence-electron chi connectivity index (χ3n) is 4.90. The molecule has 3 aliphatic rings. The normalized spacial score (nSPS) is 44.8. The van der Waals surface area contributed by atoms with E-state index in [1.807, 2.05) is 0 Å². The Balaban J connectivity index is 1.55. The monoisotopic (exact) mass is 194 g/mol. The van der Waals surface area contributed by atoms with Crippen LogP contribution in [0.4, 0.5) is 0 Å². The van der Waals surface area contributed by atoms with E-state index in [2.05, 4.69) is 0 Å². The van der Waals surface area contributed by atoms with Crippen LogP contribution in [0.25, 0.3) is 0 Å². The summed E-state index contributed by atoms with van der Waals surface area (Å²) in [7, 11) is 0. The average Bonchev–Trinajstić information content (AvgIpc) is 2.86. The van der Waals surface area contributed by atoms with Crippen molar-refractivity contribution < 1.29 is 5.11 Å². The molecule has 0 radical (unpaired) electrons. The Labute approximate surface area is 86.9 Å². The molecule has 1 heteroatoms. The zero-order chi connectivity index (χ0) is 9.54. The summed E-state index contributed by atoms with van der Waals surface area (Å²) in [5, 5.41) is 10.3. The van der Waals surface area contributed by atoms with E-state index in [1.54, 1.807) is 0 Å². The van der Waals surface area contributed by atoms with Gasteiger partial charge in [0.2, 0.25) is 0 Å². The molecule has 3 aliphatic carbocycles. The van der Waals surface area contributed by atoms with E-state index in [-0.39, 0.29) is 6.10 Å². The molecule has 0 bridgehead atoms. The van der Waals surface area contributed by atoms with Crippen LogP contribution in [0.1, 0.15) is 51.4 Å². The molecule has 0 aromatic rings. The summed E-state index contributed by atoms with van der Waals surface area (Å²) in [5.41, 5.74) is 0. The van der Waals surface area contributed by atoms with Crippen LogP contribution < -0.4 is 0 Å². The smallest absolute Gasteiger partial charge is 0.0596 e. The molecule has 0 heterocycles. The van der Waals surface area contributed by atoms with Crippen LogP contribution in [0.3, 0.4) is 0 Å². The van der Waals surface area contributed by atoms with Crippen LogP contribution in [-0.4, -0.2) is 11.2 Å². The molecule has 14 heavy (non-hydrogen) atoms. The summed E-state index contributed by atoms with van der Waals surface area (Å²) in [5.74, 6) is 3.39. The molecular weight excluding hydrogens is 172 g/mol. The number of hydrogen-bond donors (Lipinski definition) is 1. The van der Waals surface area contributed by atoms with Crippen molar-refractivity contribution in [2.24, 2.45) is 23.7 Å². The molecule has 3 fully saturated rings. The Bertz CT molecular complexity index is 195. The molecule has 80 valence electrons. The van der Waals surface area contributed by atoms with Gasteiger partial charge >= 0.3 is 0 Å². The first kappa shape index (κ1) is 9.21. The SMILES string of the molecule is OC(C1CCCCC1)C1CC2CC2C1. The highest BCUT2D eigenvalue weighted by atomic mass is 16.3. The summed E-state index contributed by atoms with van der Waals surface area (Å²) < 4.78 is 0. The molecule has 3 rings (SSSR count). The number of rotatable bonds is 2. The van der Waals surface area contributed by atoms with Gasteiger partial charge in [0.25, 0.3) is 0 Å². The lowest BCUT2D eigenvalue weighted by Crippen LogP contribution is -2.30. The average molecular weight is 194 g/mol. The quantitative estimate of drug-likeness (QED) is 0.716. The lowest BCUT2D eigenvalue weighted by atomic mass is 9.79. The topological polar surface area (TPSA) is 20.2 Å². The van der Waals surface area contributed by atoms with E-state index in [9.17, 15) is 5.11 Å². The van der Waals surface area contributed by atoms with Crippen molar-refractivity contribution >= 4 is 0 Å². The molecule has 1 N–H and O–H groups in total. The van der Waals surface area contributed by atoms with Crippen LogP contribution in [-0.2, 0) is 0 Å². The number of fused-ring (bicyclic) bond motifs is 1. The highest BCUT2D eigenvalue weighted by Crippen LogP contribution is 2.56. The number of aliphatic hydroxyl groups is 1. The first-order valence-corrected chi connectivity index (χ1v) is 6.52. The molecule has 3 unspecified atom stereocenters. The fourth-order valence-corrected chi connectivity index (χ4v) is 3.90. The third kappa shape index (κ3) is 1.60. The summed E-state index contributed by atoms with van der Waals surface area (Å²) in [6, 6.07) is 0. The van der Waals surface area contributed by atoms with Crippen LogP contribution in [0, 0.1) is 23.7 Å². The van der Waals surface area contributed by atoms with Gasteiger partial charge in [-0.1, -0.05) is 19.3 Å². The molecule has 0 amide bonds. The van der Waals surface area contributed by atoms with Crippen LogP contribution >= 0.6 is 0 Å². The van der Waals surface area contributed by atoms with Crippen molar-refractivity contribution in [3.63, 3.8) is 0 Å². The van der Waals surface area contributed by atoms with E-state index < -0.39 is 0 Å². The minimum Gasteiger partial charge on any atom is -0.393 e. The molecule has 3 saturated carbocycles. The van der Waals surface area contributed by atoms with E-state index in [4.69, 9.17) is 0 Å². The maximum absolute atomic E-state index is 10.3. The standard InChI is InChI=1S/C13H22O/c14-13(9-4-2-1-3-5-9)12-7-10-6-11(10)8-12/h9-14H,1-8H2. The Morgan fingerprint density at radius 3 is 2.07 bits per heavy atom. The van der Waals surface area contributed by atoms with E-state index in [1.165, 1.54) is 51.4 Å². The number of aliphatic hydroxyl groups excluding tert-OH is 1. The zero-order valence-corrected chi connectivity index (χ0v) is 8.99. The van der Waals surface area contributed by atoms with Gasteiger partial charge in [0, 0.05) is 0 Å². The lowest BCUT2D eigenvalue weighted by Gasteiger charge is -2.31. The van der Waals surface area contributed by atoms with Crippen LogP contribution in [0.2, 0.25) is 0 Å². The summed E-state index contributed by atoms with van der Waals surface area (Å²) in [6.07, 6.45) is 11.0. The Hall–Kier alpha value is -0.0400. The van der Waals surface area contributed by atoms with Gasteiger partial charge in [0.15, 0.2) is 0 Å². The highest BCUT2D eigenvalue weighted by Gasteiger charge is 2.48. The van der Waals surface area contributed by atoms with Gasteiger partial charge in [0.1, 0.15) is 0 Å². The molecular formula is C13H22O. The minimum atomic E-state index is 0.0584. The fraction of sp³-hybridized carbons (Fsp3) is 1.00. The van der Waals surface area contributed by atoms with Gasteiger partial charge < -0.3 is 5.11 Å². The molecule has 1 nitrogen and oxygen atoms in total. The maximum atomic E-state index is 10.3. The van der Waals surface area contributed by atoms with Gasteiger partial charge in [0.05, 0.1) is 6.10 Å². The second-order valence-electron chi connectivity index (χ2n) is 5.88. The van der Waals surface area contributed by atoms with E-state index in [0.717, 1.165) is 11.8 Å². The van der Waals surface area contributed by atoms with Crippen molar-refractivity contribution in [2.45, 2.75) is 57.5 Å². The van der Waals surface area contributed by atoms with Gasteiger partial charge in [-0.3, -0.25) is 0 Å². The van der Waals surface area contributed by atoms with Gasteiger partial charge in [-0.05, 0) is 55.8 Å². The summed E-state index contributed by atoms with van der Waals surface area (Å²) in [6.45, 7) is 0. The predicted octanol–water partition coefficient (Wildman–Crippen LogP) is 2.97. The second kappa shape index (κ2) is 3.52. The molecule has 0 saturated heterocycles. The first-order chi connectivity index (χ1) is 6.84. The first-order valence-electron chi connectivity index (χ1n) is 6.52. The molecule has 3 atom stereocenters. The van der Waals surface area contributed by atoms with Crippen molar-refractivity contribution in [3.8, 4) is 0 Å². The zero-order valence-electron chi connectivity index (χ0n) is 8.99. The van der Waals surface area contributed by atoms with Gasteiger partial charge in [-0.15, -0.1) is 0 Å². The summed E-state index contributed by atoms with van der Waals surface area (Å²) >= 11 is 0. The summed E-state index contributed by atoms with van der Waals surface area (Å²) in [4.78, 5) is 0. The van der Waals surface area contributed by atoms with Crippen LogP contribution in [0.15, 0.2) is 0 Å². The predicted molar refractivity (Wildman–Crippen MR) is 56.9 cm³/mol. The van der Waals surface area contributed by atoms with Crippen molar-refractivity contribution in [1.29, 1.82) is 0 Å². The maximum Gasteiger partial charge on any atom is 0.0596 e. The van der Waals surface area contributed by atoms with Crippen molar-refractivity contribution in [2.75, 3.05) is 0 Å². The van der Waals surface area contributed by atoms with E-state index >= 15 is 0 Å². The second-order valence-corrected chi connectivity index (χ2v) is 5.88. The lowest BCUT2D eigenvalue weighted by molar-refractivity contribution is 0.0310. The van der Waals surface area contributed by atoms with Gasteiger partial charge in [-0.2, -0.15) is 0 Å². The third-order valence-corrected chi connectivity index (χ3v) is 4.90. The highest BCUT2D eigenvalue weighted by molar-refractivity contribution is 4.98. The fourth-order valence-electron chi connectivity index (χ4n) is 3.90. The molecule has 0 aromatic carbocycles. The molecule has 0 aromatic heterocycles. The molecule has 0 aliphatic heterocycles.